The number of hydrogen-bond acceptors (Lipinski definition) is 11. The van der Waals surface area contributed by atoms with E-state index in [1.165, 1.54) is 0 Å². The van der Waals surface area contributed by atoms with Gasteiger partial charge in [-0.05, 0) is 0 Å². The molecule has 2 aliphatic heterocycles. The Bertz CT molecular complexity index is 394. The highest BCUT2D eigenvalue weighted by molar-refractivity contribution is 4.90. The van der Waals surface area contributed by atoms with E-state index in [9.17, 15) is 35.7 Å². The van der Waals surface area contributed by atoms with E-state index in [0.717, 1.165) is 0 Å². The van der Waals surface area contributed by atoms with Crippen molar-refractivity contribution in [3.63, 3.8) is 0 Å². The molecule has 0 aromatic rings. The summed E-state index contributed by atoms with van der Waals surface area (Å²) in [7, 11) is 0. The van der Waals surface area contributed by atoms with Crippen LogP contribution < -0.4 is 0 Å². The first-order chi connectivity index (χ1) is 11.3. The molecule has 10 atom stereocenters. The van der Waals surface area contributed by atoms with Gasteiger partial charge in [-0.3, -0.25) is 0 Å². The van der Waals surface area contributed by atoms with Gasteiger partial charge in [0.2, 0.25) is 0 Å². The molecule has 0 aromatic carbocycles. The Balaban J connectivity index is 2.09. The molecular weight excluding hydrogens is 332 g/mol. The Morgan fingerprint density at radius 2 is 1.21 bits per heavy atom. The summed E-state index contributed by atoms with van der Waals surface area (Å²) in [5.41, 5.74) is 0. The highest BCUT2D eigenvalue weighted by atomic mass is 16.8. The van der Waals surface area contributed by atoms with Gasteiger partial charge in [-0.25, -0.2) is 0 Å². The molecule has 0 saturated carbocycles. The maximum atomic E-state index is 10.0. The summed E-state index contributed by atoms with van der Waals surface area (Å²) in [6.45, 7) is -1.32. The average molecular weight is 356 g/mol. The second-order valence-electron chi connectivity index (χ2n) is 5.92. The van der Waals surface area contributed by atoms with Gasteiger partial charge in [0, 0.05) is 6.42 Å². The highest BCUT2D eigenvalue weighted by Crippen LogP contribution is 2.27. The molecule has 0 bridgehead atoms. The monoisotopic (exact) mass is 356 g/mol. The van der Waals surface area contributed by atoms with Crippen LogP contribution in [0, 0.1) is 0 Å². The molecule has 24 heavy (non-hydrogen) atoms. The van der Waals surface area contributed by atoms with Gasteiger partial charge in [-0.2, -0.15) is 0 Å². The summed E-state index contributed by atoms with van der Waals surface area (Å²) >= 11 is 0. The Morgan fingerprint density at radius 3 is 1.79 bits per heavy atom. The predicted octanol–water partition coefficient (Wildman–Crippen LogP) is -5.01. The summed E-state index contributed by atoms with van der Waals surface area (Å²) in [4.78, 5) is 0. The molecule has 6 unspecified atom stereocenters. The van der Waals surface area contributed by atoms with Gasteiger partial charge in [-0.15, -0.1) is 0 Å². The minimum absolute atomic E-state index is 0.334. The molecule has 0 radical (unpaired) electrons. The predicted molar refractivity (Wildman–Crippen MR) is 73.2 cm³/mol. The number of hydrogen-bond donors (Lipinski definition) is 8. The molecular formula is C13H24O11. The maximum absolute atomic E-state index is 10.0. The van der Waals surface area contributed by atoms with E-state index in [1.54, 1.807) is 0 Å². The van der Waals surface area contributed by atoms with E-state index < -0.39 is 74.6 Å². The third kappa shape index (κ3) is 4.03. The first-order valence-electron chi connectivity index (χ1n) is 7.56. The molecule has 8 N–H and O–H groups in total. The van der Waals surface area contributed by atoms with Crippen molar-refractivity contribution in [3.05, 3.63) is 0 Å². The van der Waals surface area contributed by atoms with E-state index in [0.29, 0.717) is 0 Å². The quantitative estimate of drug-likeness (QED) is 0.241. The lowest BCUT2D eigenvalue weighted by Crippen LogP contribution is -2.60. The molecule has 2 aliphatic rings. The standard InChI is InChI=1S/C13H24O11/c14-2-6-8(18)4(16)1-5(17)12(22-6)24-13-11(21)10(20)9(19)7(3-15)23-13/h4-21H,1-3H2/t4?,5?,6?,7?,8-,9+,10?,11?,12+,13+/m0/s1. The van der Waals surface area contributed by atoms with Crippen molar-refractivity contribution in [3.8, 4) is 0 Å². The summed E-state index contributed by atoms with van der Waals surface area (Å²) in [5, 5.41) is 77.1. The van der Waals surface area contributed by atoms with Crippen LogP contribution in [0.4, 0.5) is 0 Å². The van der Waals surface area contributed by atoms with Crippen molar-refractivity contribution in [2.75, 3.05) is 13.2 Å². The van der Waals surface area contributed by atoms with Crippen LogP contribution in [0.15, 0.2) is 0 Å². The Hall–Kier alpha value is -0.440. The van der Waals surface area contributed by atoms with E-state index in [-0.39, 0.29) is 6.42 Å². The highest BCUT2D eigenvalue weighted by Gasteiger charge is 2.47. The first kappa shape index (κ1) is 19.9. The van der Waals surface area contributed by atoms with Crippen LogP contribution in [0.1, 0.15) is 6.42 Å². The van der Waals surface area contributed by atoms with Crippen LogP contribution in [0.2, 0.25) is 0 Å². The summed E-state index contributed by atoms with van der Waals surface area (Å²) < 4.78 is 15.6. The molecule has 0 amide bonds. The molecule has 11 heteroatoms. The lowest BCUT2D eigenvalue weighted by molar-refractivity contribution is -0.353. The van der Waals surface area contributed by atoms with Gasteiger partial charge < -0.3 is 55.1 Å². The van der Waals surface area contributed by atoms with E-state index >= 15 is 0 Å². The first-order valence-corrected chi connectivity index (χ1v) is 7.56. The van der Waals surface area contributed by atoms with E-state index in [4.69, 9.17) is 19.3 Å². The van der Waals surface area contributed by atoms with E-state index in [1.807, 2.05) is 0 Å². The zero-order chi connectivity index (χ0) is 18.0. The van der Waals surface area contributed by atoms with Crippen LogP contribution in [-0.2, 0) is 14.2 Å². The number of aliphatic hydroxyl groups excluding tert-OH is 8. The summed E-state index contributed by atoms with van der Waals surface area (Å²) in [6, 6.07) is 0. The lowest BCUT2D eigenvalue weighted by atomic mass is 9.99. The molecule has 2 rings (SSSR count). The van der Waals surface area contributed by atoms with E-state index in [2.05, 4.69) is 0 Å². The smallest absolute Gasteiger partial charge is 0.189 e. The fourth-order valence-corrected chi connectivity index (χ4v) is 2.68. The molecule has 2 heterocycles. The van der Waals surface area contributed by atoms with Gasteiger partial charge in [0.15, 0.2) is 12.6 Å². The second kappa shape index (κ2) is 8.29. The molecule has 11 nitrogen and oxygen atoms in total. The van der Waals surface area contributed by atoms with Gasteiger partial charge >= 0.3 is 0 Å². The number of aliphatic hydroxyl groups is 8. The van der Waals surface area contributed by atoms with Crippen LogP contribution in [-0.4, -0.2) is 115 Å². The van der Waals surface area contributed by atoms with Crippen molar-refractivity contribution in [1.29, 1.82) is 0 Å². The van der Waals surface area contributed by atoms with Crippen molar-refractivity contribution in [2.24, 2.45) is 0 Å². The normalized spacial score (nSPS) is 50.5. The Labute approximate surface area is 137 Å². The molecule has 2 saturated heterocycles. The van der Waals surface area contributed by atoms with Crippen molar-refractivity contribution in [2.45, 2.75) is 67.8 Å². The number of rotatable bonds is 4. The Morgan fingerprint density at radius 1 is 0.667 bits per heavy atom. The molecule has 0 aliphatic carbocycles. The Kier molecular flexibility index (Phi) is 6.87. The fourth-order valence-electron chi connectivity index (χ4n) is 2.68. The topological polar surface area (TPSA) is 190 Å². The van der Waals surface area contributed by atoms with Gasteiger partial charge in [0.05, 0.1) is 19.3 Å². The molecule has 0 aromatic heterocycles. The van der Waals surface area contributed by atoms with Crippen LogP contribution in [0.5, 0.6) is 0 Å². The van der Waals surface area contributed by atoms with Gasteiger partial charge in [0.1, 0.15) is 42.7 Å². The van der Waals surface area contributed by atoms with Crippen LogP contribution >= 0.6 is 0 Å². The third-order valence-electron chi connectivity index (χ3n) is 4.18. The molecule has 2 fully saturated rings. The largest absolute Gasteiger partial charge is 0.394 e. The van der Waals surface area contributed by atoms with Gasteiger partial charge in [-0.1, -0.05) is 0 Å². The zero-order valence-corrected chi connectivity index (χ0v) is 12.7. The third-order valence-corrected chi connectivity index (χ3v) is 4.18. The van der Waals surface area contributed by atoms with Crippen molar-refractivity contribution < 1.29 is 55.1 Å². The molecule has 142 valence electrons. The SMILES string of the molecule is OCC1O[C@H](O[C@H]2OC(CO)[C@@H](O)C(O)CC2O)C(O)C(O)[C@@H]1O. The number of ether oxygens (including phenoxy) is 3. The lowest BCUT2D eigenvalue weighted by Gasteiger charge is -2.41. The van der Waals surface area contributed by atoms with Crippen molar-refractivity contribution >= 4 is 0 Å². The minimum Gasteiger partial charge on any atom is -0.394 e. The average Bonchev–Trinajstić information content (AvgIpc) is 2.66. The van der Waals surface area contributed by atoms with Crippen molar-refractivity contribution in [1.82, 2.24) is 0 Å². The maximum Gasteiger partial charge on any atom is 0.189 e. The summed E-state index contributed by atoms with van der Waals surface area (Å²) in [6.07, 6.45) is -15.1. The minimum atomic E-state index is -1.70. The molecule has 0 spiro atoms. The van der Waals surface area contributed by atoms with Crippen LogP contribution in [0.3, 0.4) is 0 Å². The van der Waals surface area contributed by atoms with Gasteiger partial charge in [0.25, 0.3) is 0 Å². The second-order valence-corrected chi connectivity index (χ2v) is 5.92. The zero-order valence-electron chi connectivity index (χ0n) is 12.7. The summed E-state index contributed by atoms with van der Waals surface area (Å²) in [5.74, 6) is 0. The van der Waals surface area contributed by atoms with Crippen LogP contribution in [0.25, 0.3) is 0 Å². The fraction of sp³-hybridized carbons (Fsp3) is 1.00.